The van der Waals surface area contributed by atoms with Crippen LogP contribution in [0, 0.1) is 0 Å². The third-order valence-corrected chi connectivity index (χ3v) is 6.34. The number of thiophene rings is 1. The minimum atomic E-state index is -3.86. The van der Waals surface area contributed by atoms with Crippen molar-refractivity contribution in [2.75, 3.05) is 4.72 Å². The van der Waals surface area contributed by atoms with Crippen LogP contribution in [0.4, 0.5) is 5.69 Å². The first-order valence-corrected chi connectivity index (χ1v) is 10.8. The van der Waals surface area contributed by atoms with E-state index in [0.717, 1.165) is 10.4 Å². The lowest BCUT2D eigenvalue weighted by Crippen LogP contribution is -2.13. The third kappa shape index (κ3) is 3.92. The van der Waals surface area contributed by atoms with E-state index in [2.05, 4.69) is 9.82 Å². The first kappa shape index (κ1) is 18.3. The predicted octanol–water partition coefficient (Wildman–Crippen LogP) is 4.17. The number of nitrogens with one attached hydrogen (secondary N) is 1. The first-order chi connectivity index (χ1) is 13.5. The van der Waals surface area contributed by atoms with Crippen molar-refractivity contribution in [3.63, 3.8) is 0 Å². The largest absolute Gasteiger partial charge is 0.508 e. The Kier molecular flexibility index (Phi) is 4.89. The fraction of sp³-hybridized carbons (Fsp3) is 0.0500. The number of nitrogens with zero attached hydrogens (tertiary/aromatic N) is 2. The molecule has 2 N–H and O–H groups in total. The highest BCUT2D eigenvalue weighted by atomic mass is 32.2. The minimum Gasteiger partial charge on any atom is -0.508 e. The number of benzene rings is 2. The summed E-state index contributed by atoms with van der Waals surface area (Å²) in [7, 11) is -3.86. The fourth-order valence-corrected chi connectivity index (χ4v) is 4.78. The Labute approximate surface area is 166 Å². The Hall–Kier alpha value is -3.10. The number of phenolic OH excluding ortho intramolecular Hbond substituents is 1. The second-order valence-electron chi connectivity index (χ2n) is 6.15. The topological polar surface area (TPSA) is 84.2 Å². The summed E-state index contributed by atoms with van der Waals surface area (Å²) in [6.45, 7) is 0.466. The lowest BCUT2D eigenvalue weighted by Gasteiger charge is -2.07. The average Bonchev–Trinajstić information content (AvgIpc) is 3.34. The number of hydrogen-bond acceptors (Lipinski definition) is 5. The summed E-state index contributed by atoms with van der Waals surface area (Å²) in [5.74, 6) is 0.0675. The van der Waals surface area contributed by atoms with E-state index in [1.54, 1.807) is 10.9 Å². The number of hydrogen-bond donors (Lipinski definition) is 2. The maximum atomic E-state index is 13.0. The van der Waals surface area contributed by atoms with E-state index in [-0.39, 0.29) is 10.6 Å². The average molecular weight is 412 g/mol. The van der Waals surface area contributed by atoms with Crippen LogP contribution in [0.5, 0.6) is 5.75 Å². The van der Waals surface area contributed by atoms with Crippen LogP contribution >= 0.6 is 11.3 Å². The molecule has 0 atom stereocenters. The fourth-order valence-electron chi connectivity index (χ4n) is 2.77. The molecular formula is C20H17N3O3S2. The van der Waals surface area contributed by atoms with Gasteiger partial charge in [-0.2, -0.15) is 5.10 Å². The monoisotopic (exact) mass is 411 g/mol. The second-order valence-corrected chi connectivity index (χ2v) is 8.75. The number of aromatic nitrogens is 2. The van der Waals surface area contributed by atoms with Crippen LogP contribution < -0.4 is 4.72 Å². The number of aromatic hydroxyl groups is 1. The summed E-state index contributed by atoms with van der Waals surface area (Å²) in [6, 6.07) is 19.3. The number of sulfonamides is 1. The van der Waals surface area contributed by atoms with Gasteiger partial charge in [-0.3, -0.25) is 9.40 Å². The molecule has 4 aromatic rings. The van der Waals surface area contributed by atoms with Gasteiger partial charge in [0.05, 0.1) is 11.4 Å². The molecule has 0 amide bonds. The molecule has 28 heavy (non-hydrogen) atoms. The highest BCUT2D eigenvalue weighted by Crippen LogP contribution is 2.31. The van der Waals surface area contributed by atoms with Gasteiger partial charge < -0.3 is 5.11 Å². The molecule has 0 bridgehead atoms. The highest BCUT2D eigenvalue weighted by Gasteiger charge is 2.24. The van der Waals surface area contributed by atoms with Gasteiger partial charge in [0, 0.05) is 11.9 Å². The van der Waals surface area contributed by atoms with Gasteiger partial charge in [-0.05, 0) is 41.3 Å². The summed E-state index contributed by atoms with van der Waals surface area (Å²) in [4.78, 5) is 0.886. The molecule has 0 aliphatic heterocycles. The Morgan fingerprint density at radius 1 is 1.00 bits per heavy atom. The Balaban J connectivity index is 1.72. The number of anilines is 1. The number of rotatable bonds is 6. The van der Waals surface area contributed by atoms with Gasteiger partial charge in [-0.25, -0.2) is 8.42 Å². The van der Waals surface area contributed by atoms with E-state index >= 15 is 0 Å². The summed E-state index contributed by atoms with van der Waals surface area (Å²) >= 11 is 1.43. The van der Waals surface area contributed by atoms with Gasteiger partial charge in [-0.15, -0.1) is 11.3 Å². The Morgan fingerprint density at radius 2 is 1.75 bits per heavy atom. The summed E-state index contributed by atoms with van der Waals surface area (Å²) < 4.78 is 30.3. The molecule has 0 saturated heterocycles. The van der Waals surface area contributed by atoms with E-state index in [4.69, 9.17) is 0 Å². The molecule has 2 heterocycles. The van der Waals surface area contributed by atoms with Gasteiger partial charge in [0.25, 0.3) is 10.0 Å². The molecule has 0 saturated carbocycles. The SMILES string of the molecule is O=S(=O)(Nc1ccc(O)cc1)c1cn(Cc2ccccc2)nc1-c1cccs1. The maximum absolute atomic E-state index is 13.0. The first-order valence-electron chi connectivity index (χ1n) is 8.48. The summed E-state index contributed by atoms with van der Waals surface area (Å²) in [6.07, 6.45) is 1.55. The zero-order valence-electron chi connectivity index (χ0n) is 14.7. The van der Waals surface area contributed by atoms with Crippen molar-refractivity contribution in [2.45, 2.75) is 11.4 Å². The van der Waals surface area contributed by atoms with E-state index < -0.39 is 10.0 Å². The number of phenols is 1. The van der Waals surface area contributed by atoms with Gasteiger partial charge in [0.1, 0.15) is 16.3 Å². The molecule has 8 heteroatoms. The lowest BCUT2D eigenvalue weighted by molar-refractivity contribution is 0.475. The van der Waals surface area contributed by atoms with Crippen molar-refractivity contribution in [3.8, 4) is 16.3 Å². The van der Waals surface area contributed by atoms with Crippen molar-refractivity contribution >= 4 is 27.0 Å². The van der Waals surface area contributed by atoms with E-state index in [0.29, 0.717) is 17.9 Å². The van der Waals surface area contributed by atoms with Crippen molar-refractivity contribution < 1.29 is 13.5 Å². The quantitative estimate of drug-likeness (QED) is 0.467. The molecule has 0 aliphatic carbocycles. The smallest absolute Gasteiger partial charge is 0.265 e. The highest BCUT2D eigenvalue weighted by molar-refractivity contribution is 7.92. The van der Waals surface area contributed by atoms with Gasteiger partial charge in [-0.1, -0.05) is 36.4 Å². The van der Waals surface area contributed by atoms with Crippen LogP contribution in [0.15, 0.2) is 83.2 Å². The van der Waals surface area contributed by atoms with E-state index in [1.807, 2.05) is 47.8 Å². The van der Waals surface area contributed by atoms with Crippen LogP contribution in [0.2, 0.25) is 0 Å². The standard InChI is InChI=1S/C20H17N3O3S2/c24-17-10-8-16(9-11-17)22-28(25,26)19-14-23(13-15-5-2-1-3-6-15)21-20(19)18-7-4-12-27-18/h1-12,14,22,24H,13H2. The van der Waals surface area contributed by atoms with Crippen molar-refractivity contribution in [1.82, 2.24) is 9.78 Å². The van der Waals surface area contributed by atoms with Crippen molar-refractivity contribution in [3.05, 3.63) is 83.9 Å². The van der Waals surface area contributed by atoms with Crippen molar-refractivity contribution in [1.29, 1.82) is 0 Å². The van der Waals surface area contributed by atoms with Crippen LogP contribution in [-0.2, 0) is 16.6 Å². The normalized spacial score (nSPS) is 11.4. The zero-order valence-corrected chi connectivity index (χ0v) is 16.3. The van der Waals surface area contributed by atoms with Gasteiger partial charge in [0.2, 0.25) is 0 Å². The molecule has 0 aliphatic rings. The van der Waals surface area contributed by atoms with Crippen LogP contribution in [0.1, 0.15) is 5.56 Å². The zero-order chi connectivity index (χ0) is 19.6. The summed E-state index contributed by atoms with van der Waals surface area (Å²) in [5.41, 5.74) is 1.81. The van der Waals surface area contributed by atoms with E-state index in [1.165, 1.54) is 35.6 Å². The van der Waals surface area contributed by atoms with Crippen LogP contribution in [-0.4, -0.2) is 23.3 Å². The Morgan fingerprint density at radius 3 is 2.43 bits per heavy atom. The lowest BCUT2D eigenvalue weighted by atomic mass is 10.2. The molecule has 0 spiro atoms. The van der Waals surface area contributed by atoms with Crippen LogP contribution in [0.25, 0.3) is 10.6 Å². The third-order valence-electron chi connectivity index (χ3n) is 4.08. The molecule has 0 radical (unpaired) electrons. The molecule has 142 valence electrons. The molecule has 2 aromatic carbocycles. The molecule has 4 rings (SSSR count). The molecular weight excluding hydrogens is 394 g/mol. The maximum Gasteiger partial charge on any atom is 0.265 e. The second kappa shape index (κ2) is 7.49. The van der Waals surface area contributed by atoms with Crippen LogP contribution in [0.3, 0.4) is 0 Å². The van der Waals surface area contributed by atoms with Gasteiger partial charge in [0.15, 0.2) is 0 Å². The predicted molar refractivity (Wildman–Crippen MR) is 110 cm³/mol. The van der Waals surface area contributed by atoms with Crippen molar-refractivity contribution in [2.24, 2.45) is 0 Å². The minimum absolute atomic E-state index is 0.0675. The molecule has 0 unspecified atom stereocenters. The molecule has 0 fully saturated rings. The Bertz CT molecular complexity index is 1170. The van der Waals surface area contributed by atoms with Gasteiger partial charge >= 0.3 is 0 Å². The molecule has 6 nitrogen and oxygen atoms in total. The summed E-state index contributed by atoms with van der Waals surface area (Å²) in [5, 5.41) is 15.8. The van der Waals surface area contributed by atoms with E-state index in [9.17, 15) is 13.5 Å². The molecule has 2 aromatic heterocycles.